The van der Waals surface area contributed by atoms with Gasteiger partial charge in [-0.1, -0.05) is 173 Å². The van der Waals surface area contributed by atoms with Crippen LogP contribution < -0.4 is 29.1 Å². The van der Waals surface area contributed by atoms with Crippen LogP contribution in [0.25, 0.3) is 55.6 Å². The average molecular weight is 2640 g/mol. The summed E-state index contributed by atoms with van der Waals surface area (Å²) in [5, 5.41) is 39.1. The number of esters is 4. The molecule has 4 N–H and O–H groups in total. The normalized spacial score (nSPS) is 11.3. The molecule has 0 aromatic heterocycles. The fourth-order valence-electron chi connectivity index (χ4n) is 11.5. The van der Waals surface area contributed by atoms with Crippen molar-refractivity contribution in [3.63, 3.8) is 0 Å². The molecule has 0 radical (unpaired) electrons. The number of halogens is 22. The number of carbonyl (C=O) groups is 5. The van der Waals surface area contributed by atoms with Crippen LogP contribution in [-0.4, -0.2) is 149 Å². The third-order valence-electron chi connectivity index (χ3n) is 17.2. The quantitative estimate of drug-likeness (QED) is 0.00808. The number of rotatable bonds is 20. The first-order valence-corrected chi connectivity index (χ1v) is 51.9. The molecule has 0 spiro atoms. The average Bonchev–Trinajstić information content (AvgIpc) is 1.59. The lowest BCUT2D eigenvalue weighted by Crippen LogP contribution is -2.49. The van der Waals surface area contributed by atoms with Gasteiger partial charge in [0.05, 0.1) is 123 Å². The molecule has 0 amide bonds. The second kappa shape index (κ2) is 65.8. The Kier molecular flexibility index (Phi) is 61.2. The summed E-state index contributed by atoms with van der Waals surface area (Å²) in [7, 11) is 4.25. The van der Waals surface area contributed by atoms with Crippen LogP contribution in [0.2, 0.25) is 50.2 Å². The van der Waals surface area contributed by atoms with E-state index in [9.17, 15) is 50.6 Å². The van der Waals surface area contributed by atoms with E-state index < -0.39 is 62.6 Å². The van der Waals surface area contributed by atoms with Gasteiger partial charge in [0.25, 0.3) is 9.20 Å². The number of aliphatic carboxylic acids is 1. The Bertz CT molecular complexity index is 5820. The van der Waals surface area contributed by atoms with Gasteiger partial charge < -0.3 is 67.6 Å². The summed E-state index contributed by atoms with van der Waals surface area (Å²) in [6.07, 6.45) is 6.17. The van der Waals surface area contributed by atoms with E-state index in [1.165, 1.54) is 124 Å². The number of fused-ring (bicyclic) bond motifs is 1. The Balaban J connectivity index is 0.000000545. The van der Waals surface area contributed by atoms with Crippen LogP contribution in [-0.2, 0) is 47.7 Å². The molecule has 46 heteroatoms. The number of alkyl halides is 2. The molecule has 13 rings (SSSR count). The van der Waals surface area contributed by atoms with Gasteiger partial charge in [0.1, 0.15) is 69.4 Å². The maximum atomic E-state index is 14.3. The summed E-state index contributed by atoms with van der Waals surface area (Å²) in [5.41, 5.74) is 4.70. The van der Waals surface area contributed by atoms with Gasteiger partial charge >= 0.3 is 39.1 Å². The molecule has 2 heterocycles. The van der Waals surface area contributed by atoms with Crippen molar-refractivity contribution >= 4 is 299 Å². The molecule has 0 unspecified atom stereocenters. The maximum absolute atomic E-state index is 14.3. The highest BCUT2D eigenvalue weighted by atomic mass is 127. The highest BCUT2D eigenvalue weighted by Gasteiger charge is 2.58. The molecule has 1 saturated heterocycles. The van der Waals surface area contributed by atoms with Crippen molar-refractivity contribution in [3.8, 4) is 90.1 Å². The molecule has 0 atom stereocenters. The smallest absolute Gasteiger partial charge is 0.492 e. The van der Waals surface area contributed by atoms with Gasteiger partial charge in [-0.05, 0) is 253 Å². The van der Waals surface area contributed by atoms with Gasteiger partial charge in [-0.25, -0.2) is 45.5 Å². The number of phenols is 1. The summed E-state index contributed by atoms with van der Waals surface area (Å²) in [4.78, 5) is 55.8. The third kappa shape index (κ3) is 39.1. The Labute approximate surface area is 927 Å². The Hall–Kier alpha value is -5.76. The first-order chi connectivity index (χ1) is 65.2. The third-order valence-corrected chi connectivity index (χ3v) is 25.2. The van der Waals surface area contributed by atoms with E-state index in [-0.39, 0.29) is 105 Å². The number of carboxylic acid groups (broad SMARTS) is 1. The highest BCUT2D eigenvalue weighted by Crippen LogP contribution is 2.56. The number of carboxylic acids is 1. The van der Waals surface area contributed by atoms with E-state index in [1.54, 1.807) is 138 Å². The van der Waals surface area contributed by atoms with Crippen LogP contribution in [0.15, 0.2) is 191 Å². The minimum absolute atomic E-state index is 0. The molecule has 11 aromatic rings. The Morgan fingerprint density at radius 3 is 1.12 bits per heavy atom. The topological polar surface area (TPSA) is 259 Å². The van der Waals surface area contributed by atoms with E-state index in [4.69, 9.17) is 174 Å². The number of hydrogen-bond donors (Lipinski definition) is 4. The molecular weight excluding hydrogens is 2550 g/mol. The molecule has 0 bridgehead atoms. The van der Waals surface area contributed by atoms with Crippen molar-refractivity contribution in [1.82, 2.24) is 0 Å². The van der Waals surface area contributed by atoms with E-state index in [1.807, 2.05) is 28.8 Å². The molecule has 758 valence electrons. The lowest BCUT2D eigenvalue weighted by Gasteiger charge is -2.23. The summed E-state index contributed by atoms with van der Waals surface area (Å²) in [6.45, 7) is 10.0. The van der Waals surface area contributed by atoms with Gasteiger partial charge in [0.2, 0.25) is 0 Å². The van der Waals surface area contributed by atoms with E-state index >= 15 is 0 Å². The van der Waals surface area contributed by atoms with Gasteiger partial charge in [-0.2, -0.15) is 0 Å². The standard InChI is InChI=1S/C19H15Cl2FO5S.C14H11Cl2FOS.C13H8Cl2FIO.C13H9Cl2FOS.C13H9Cl2FO.C7H8BFO3.C7H10Br2O4.C4H8O.C2H4O2.2CH4.BBr3/c1-3-25-17(23)19(18(24)26-4-2)27-16-11(8-10(22)9-14(16)28-19)15-12(20)6-5-7-13(15)21;1-18-14-9(6-8(17)7-12(14)19-2)13-10(15)4-3-5-11(13)16;1-18-13-8(5-7(16)6-11(13)17)12-9(14)3-2-4-10(12)15;1-18-11-6-7(16)5-8(13(11)17)12-9(14)3-2-4-10(12)15;1-17-12-6-5-8(16)7-9(12)13-10(14)3-2-4-11(13)15;1-12-7-3-2-5(9)4-6(7)8(10)11;1-3-12-5(10)7(8,9)6(11)13-4-2;1-2-4-5-3-1;1-2(3)4;;;2-1(3)4/h5-9H,3-4H2,1-2H3;3-7H,1-2H3;2-6H,1H3;2-6,17H,1H3;2-7H,1H3;2-4,10-11H,1H3;3-4H2,1-2H3;1-4H2;1H3,(H,3,4);2*1H4;. The number of ether oxygens (including phenoxy) is 10. The van der Waals surface area contributed by atoms with Crippen molar-refractivity contribution in [2.24, 2.45) is 0 Å². The highest BCUT2D eigenvalue weighted by molar-refractivity contribution is 14.1. The molecular formula is C94H90B2Br5Cl10F6IO19S3. The molecule has 11 aromatic carbocycles. The van der Waals surface area contributed by atoms with E-state index in [0.29, 0.717) is 133 Å². The number of carbonyl (C=O) groups excluding carboxylic acids is 4. The van der Waals surface area contributed by atoms with E-state index in [2.05, 4.69) is 88.6 Å². The van der Waals surface area contributed by atoms with Crippen LogP contribution in [0.4, 0.5) is 26.3 Å². The van der Waals surface area contributed by atoms with E-state index in [0.717, 1.165) is 32.3 Å². The number of phenolic OH excluding ortho intramolecular Hbond substituents is 1. The Morgan fingerprint density at radius 2 is 0.771 bits per heavy atom. The summed E-state index contributed by atoms with van der Waals surface area (Å²) in [6, 6.07) is 43.5. The summed E-state index contributed by atoms with van der Waals surface area (Å²) < 4.78 is 131. The molecule has 0 saturated carbocycles. The minimum atomic E-state index is -2.13. The molecule has 1 fully saturated rings. The molecule has 0 aliphatic carbocycles. The molecule has 19 nitrogen and oxygen atoms in total. The van der Waals surface area contributed by atoms with Crippen LogP contribution in [0.5, 0.6) is 34.5 Å². The largest absolute Gasteiger partial charge is 0.506 e. The van der Waals surface area contributed by atoms with Gasteiger partial charge in [0.15, 0.2) is 0 Å². The molecule has 2 aliphatic rings. The minimum Gasteiger partial charge on any atom is -0.506 e. The Morgan fingerprint density at radius 1 is 0.457 bits per heavy atom. The number of aromatic hydroxyl groups is 1. The van der Waals surface area contributed by atoms with Gasteiger partial charge in [-0.15, -0.1) is 70.8 Å². The fraction of sp³-hybridized carbons (Fsp3) is 0.245. The zero-order valence-electron chi connectivity index (χ0n) is 74.0. The first kappa shape index (κ1) is 130. The zero-order chi connectivity index (χ0) is 104. The van der Waals surface area contributed by atoms with Crippen molar-refractivity contribution in [2.45, 2.75) is 85.2 Å². The monoisotopic (exact) mass is 2630 g/mol. The van der Waals surface area contributed by atoms with Crippen molar-refractivity contribution in [2.75, 3.05) is 80.6 Å². The van der Waals surface area contributed by atoms with Gasteiger partial charge in [-0.3, -0.25) is 4.79 Å². The number of methoxy groups -OCH3 is 4. The van der Waals surface area contributed by atoms with Crippen LogP contribution >= 0.6 is 253 Å². The van der Waals surface area contributed by atoms with Crippen molar-refractivity contribution in [1.29, 1.82) is 0 Å². The maximum Gasteiger partial charge on any atom is 0.492 e. The summed E-state index contributed by atoms with van der Waals surface area (Å²) in [5.74, 6) is -4.78. The van der Waals surface area contributed by atoms with Crippen molar-refractivity contribution < 1.29 is 118 Å². The predicted molar refractivity (Wildman–Crippen MR) is 585 cm³/mol. The predicted octanol–water partition coefficient (Wildman–Crippen LogP) is 31.5. The number of thioether (sulfide) groups is 3. The van der Waals surface area contributed by atoms with Crippen molar-refractivity contribution in [3.05, 3.63) is 265 Å². The second-order valence-electron chi connectivity index (χ2n) is 26.4. The zero-order valence-corrected chi connectivity index (χ0v) is 94.1. The molecule has 140 heavy (non-hydrogen) atoms. The summed E-state index contributed by atoms with van der Waals surface area (Å²) >= 11 is 81.9. The lowest BCUT2D eigenvalue weighted by atomic mass is 9.79. The van der Waals surface area contributed by atoms with Crippen LogP contribution in [0.3, 0.4) is 0 Å². The van der Waals surface area contributed by atoms with Crippen LogP contribution in [0.1, 0.15) is 62.3 Å². The van der Waals surface area contributed by atoms with Crippen LogP contribution in [0, 0.1) is 38.5 Å². The fourth-order valence-corrected chi connectivity index (χ4v) is 18.1. The molecule has 2 aliphatic heterocycles. The number of benzene rings is 11. The van der Waals surface area contributed by atoms with Gasteiger partial charge in [0, 0.05) is 81.2 Å². The second-order valence-corrected chi connectivity index (χ2v) is 44.4. The SMILES string of the molecule is BrB(Br)Br.C.C.C1CCOC1.CC(=O)O.CCOC(=O)C(Br)(Br)C(=O)OCC.CCOC(=O)C1(C(=O)OCC)Oc2c(cc(F)cc2-c2c(Cl)cccc2Cl)S1.COc1c(I)cc(F)cc1-c1c(Cl)cccc1Cl.COc1c(SC)cc(F)cc1-c1c(Cl)cccc1Cl.COc1ccc(F)cc1-c1c(Cl)cccc1Cl.COc1ccc(F)cc1B(O)O.CSc1cc(F)cc(-c2c(Cl)cccc2Cl)c1O. The first-order valence-electron chi connectivity index (χ1n) is 39.5. The lowest BCUT2D eigenvalue weighted by molar-refractivity contribution is -0.169. The number of hydrogen-bond acceptors (Lipinski definition) is 21.